The molecule has 5 nitrogen and oxygen atoms in total. The summed E-state index contributed by atoms with van der Waals surface area (Å²) in [6.07, 6.45) is 0. The van der Waals surface area contributed by atoms with Crippen LogP contribution in [0.3, 0.4) is 0 Å². The van der Waals surface area contributed by atoms with Crippen LogP contribution in [-0.2, 0) is 4.79 Å². The van der Waals surface area contributed by atoms with Gasteiger partial charge in [0.15, 0.2) is 4.84 Å². The largest absolute Gasteiger partial charge is 0.334 e. The van der Waals surface area contributed by atoms with E-state index in [9.17, 15) is 4.79 Å². The van der Waals surface area contributed by atoms with Crippen LogP contribution in [0.25, 0.3) is 22.8 Å². The number of anilines is 1. The Morgan fingerprint density at radius 2 is 1.72 bits per heavy atom. The molecular weight excluding hydrogens is 408 g/mol. The molecule has 0 saturated carbocycles. The summed E-state index contributed by atoms with van der Waals surface area (Å²) < 4.78 is 5.30. The van der Waals surface area contributed by atoms with Crippen molar-refractivity contribution in [2.75, 3.05) is 5.32 Å². The molecule has 0 spiro atoms. The highest BCUT2D eigenvalue weighted by Crippen LogP contribution is 2.35. The van der Waals surface area contributed by atoms with E-state index in [0.29, 0.717) is 26.9 Å². The van der Waals surface area contributed by atoms with E-state index < -0.39 is 10.7 Å². The zero-order valence-corrected chi connectivity index (χ0v) is 15.4. The lowest BCUT2D eigenvalue weighted by Gasteiger charge is -2.08. The molecule has 1 aromatic heterocycles. The molecule has 0 fully saturated rings. The van der Waals surface area contributed by atoms with E-state index in [2.05, 4.69) is 15.5 Å². The third kappa shape index (κ3) is 3.90. The minimum atomic E-state index is -1.20. The SMILES string of the molecule is O=C(Nc1ccccc1-c1nc(-c2c(Cl)cccc2Cl)no1)C(Cl)Cl. The van der Waals surface area contributed by atoms with E-state index in [-0.39, 0.29) is 11.7 Å². The average Bonchev–Trinajstić information content (AvgIpc) is 3.04. The second-order valence-corrected chi connectivity index (χ2v) is 6.77. The van der Waals surface area contributed by atoms with Crippen LogP contribution in [-0.4, -0.2) is 20.9 Å². The first-order valence-corrected chi connectivity index (χ1v) is 8.56. The van der Waals surface area contributed by atoms with Crippen LogP contribution in [0.5, 0.6) is 0 Å². The van der Waals surface area contributed by atoms with Crippen LogP contribution in [0.4, 0.5) is 5.69 Å². The number of nitrogens with one attached hydrogen (secondary N) is 1. The lowest BCUT2D eigenvalue weighted by molar-refractivity contribution is -0.114. The Bertz CT molecular complexity index is 907. The number of amides is 1. The normalized spacial score (nSPS) is 10.9. The topological polar surface area (TPSA) is 68.0 Å². The van der Waals surface area contributed by atoms with Gasteiger partial charge in [-0.05, 0) is 24.3 Å². The van der Waals surface area contributed by atoms with Gasteiger partial charge in [0.05, 0.1) is 26.9 Å². The van der Waals surface area contributed by atoms with Gasteiger partial charge in [0.2, 0.25) is 5.82 Å². The van der Waals surface area contributed by atoms with Gasteiger partial charge in [0.1, 0.15) is 0 Å². The molecule has 1 heterocycles. The van der Waals surface area contributed by atoms with Crippen LogP contribution in [0.1, 0.15) is 0 Å². The van der Waals surface area contributed by atoms with Crippen molar-refractivity contribution >= 4 is 58.0 Å². The third-order valence-corrected chi connectivity index (χ3v) is 4.25. The second-order valence-electron chi connectivity index (χ2n) is 4.86. The van der Waals surface area contributed by atoms with Crippen molar-refractivity contribution < 1.29 is 9.32 Å². The van der Waals surface area contributed by atoms with Crippen LogP contribution >= 0.6 is 46.4 Å². The highest BCUT2D eigenvalue weighted by molar-refractivity contribution is 6.54. The Hall–Kier alpha value is -1.79. The Kier molecular flexibility index (Phi) is 5.49. The minimum absolute atomic E-state index is 0.183. The number of aromatic nitrogens is 2. The first kappa shape index (κ1) is 18.0. The molecule has 0 bridgehead atoms. The van der Waals surface area contributed by atoms with Crippen molar-refractivity contribution in [3.8, 4) is 22.8 Å². The van der Waals surface area contributed by atoms with Gasteiger partial charge in [-0.2, -0.15) is 4.98 Å². The summed E-state index contributed by atoms with van der Waals surface area (Å²) >= 11 is 23.5. The summed E-state index contributed by atoms with van der Waals surface area (Å²) in [7, 11) is 0. The van der Waals surface area contributed by atoms with Crippen molar-refractivity contribution in [2.24, 2.45) is 0 Å². The first-order valence-electron chi connectivity index (χ1n) is 6.94. The number of hydrogen-bond donors (Lipinski definition) is 1. The van der Waals surface area contributed by atoms with Gasteiger partial charge >= 0.3 is 0 Å². The van der Waals surface area contributed by atoms with Gasteiger partial charge in [0, 0.05) is 0 Å². The van der Waals surface area contributed by atoms with Crippen LogP contribution in [0, 0.1) is 0 Å². The molecule has 3 aromatic rings. The molecule has 0 saturated heterocycles. The van der Waals surface area contributed by atoms with Gasteiger partial charge < -0.3 is 9.84 Å². The van der Waals surface area contributed by atoms with Crippen molar-refractivity contribution in [1.29, 1.82) is 0 Å². The fourth-order valence-electron chi connectivity index (χ4n) is 2.11. The van der Waals surface area contributed by atoms with E-state index in [4.69, 9.17) is 50.9 Å². The Labute approximate surface area is 162 Å². The summed E-state index contributed by atoms with van der Waals surface area (Å²) in [5, 5.41) is 7.31. The van der Waals surface area contributed by atoms with Gasteiger partial charge in [-0.3, -0.25) is 4.79 Å². The molecule has 1 amide bonds. The summed E-state index contributed by atoms with van der Waals surface area (Å²) in [4.78, 5) is 14.9. The van der Waals surface area contributed by atoms with E-state index in [1.165, 1.54) is 0 Å². The van der Waals surface area contributed by atoms with Gasteiger partial charge in [-0.1, -0.05) is 69.8 Å². The Morgan fingerprint density at radius 1 is 1.04 bits per heavy atom. The third-order valence-electron chi connectivity index (χ3n) is 3.23. The number of carbonyl (C=O) groups excluding carboxylic acids is 1. The molecule has 0 aliphatic heterocycles. The number of carbonyl (C=O) groups is 1. The lowest BCUT2D eigenvalue weighted by atomic mass is 10.1. The molecule has 0 aliphatic carbocycles. The standard InChI is InChI=1S/C16H9Cl4N3O2/c17-9-5-3-6-10(18)12(9)14-22-16(25-23-14)8-4-1-2-7-11(8)21-15(24)13(19)20/h1-7,13H,(H,21,24). The van der Waals surface area contributed by atoms with E-state index >= 15 is 0 Å². The number of alkyl halides is 2. The molecule has 3 rings (SSSR count). The first-order chi connectivity index (χ1) is 12.0. The fourth-order valence-corrected chi connectivity index (χ4v) is 2.79. The summed E-state index contributed by atoms with van der Waals surface area (Å²) in [5.41, 5.74) is 1.40. The molecule has 0 atom stereocenters. The Balaban J connectivity index is 2.00. The second kappa shape index (κ2) is 7.62. The zero-order chi connectivity index (χ0) is 18.0. The van der Waals surface area contributed by atoms with Crippen molar-refractivity contribution in [2.45, 2.75) is 4.84 Å². The van der Waals surface area contributed by atoms with Crippen LogP contribution in [0.15, 0.2) is 47.0 Å². The number of benzene rings is 2. The maximum absolute atomic E-state index is 11.7. The zero-order valence-electron chi connectivity index (χ0n) is 12.3. The molecule has 25 heavy (non-hydrogen) atoms. The van der Waals surface area contributed by atoms with Crippen LogP contribution < -0.4 is 5.32 Å². The summed E-state index contributed by atoms with van der Waals surface area (Å²) in [6.45, 7) is 0. The van der Waals surface area contributed by atoms with Crippen molar-refractivity contribution in [3.05, 3.63) is 52.5 Å². The molecule has 128 valence electrons. The number of nitrogens with zero attached hydrogens (tertiary/aromatic N) is 2. The molecule has 2 aromatic carbocycles. The number of rotatable bonds is 4. The molecule has 0 unspecified atom stereocenters. The van der Waals surface area contributed by atoms with E-state index in [1.807, 2.05) is 0 Å². The van der Waals surface area contributed by atoms with Crippen LogP contribution in [0.2, 0.25) is 10.0 Å². The average molecular weight is 417 g/mol. The van der Waals surface area contributed by atoms with E-state index in [0.717, 1.165) is 0 Å². The monoisotopic (exact) mass is 415 g/mol. The predicted octanol–water partition coefficient (Wildman–Crippen LogP) is 5.45. The fraction of sp³-hybridized carbons (Fsp3) is 0.0625. The number of halogens is 4. The van der Waals surface area contributed by atoms with E-state index in [1.54, 1.807) is 42.5 Å². The summed E-state index contributed by atoms with van der Waals surface area (Å²) in [5.74, 6) is -0.147. The number of hydrogen-bond acceptors (Lipinski definition) is 4. The summed E-state index contributed by atoms with van der Waals surface area (Å²) in [6, 6.07) is 11.9. The molecule has 0 radical (unpaired) electrons. The van der Waals surface area contributed by atoms with Gasteiger partial charge in [0.25, 0.3) is 11.8 Å². The quantitative estimate of drug-likeness (QED) is 0.574. The maximum atomic E-state index is 11.7. The van der Waals surface area contributed by atoms with Gasteiger partial charge in [-0.15, -0.1) is 0 Å². The maximum Gasteiger partial charge on any atom is 0.260 e. The smallest absolute Gasteiger partial charge is 0.260 e. The highest BCUT2D eigenvalue weighted by atomic mass is 35.5. The molecule has 9 heteroatoms. The number of para-hydroxylation sites is 1. The lowest BCUT2D eigenvalue weighted by Crippen LogP contribution is -2.18. The Morgan fingerprint density at radius 3 is 2.40 bits per heavy atom. The minimum Gasteiger partial charge on any atom is -0.334 e. The molecular formula is C16H9Cl4N3O2. The molecule has 0 aliphatic rings. The van der Waals surface area contributed by atoms with Crippen molar-refractivity contribution in [1.82, 2.24) is 10.1 Å². The highest BCUT2D eigenvalue weighted by Gasteiger charge is 2.19. The van der Waals surface area contributed by atoms with Gasteiger partial charge in [-0.25, -0.2) is 0 Å². The molecule has 1 N–H and O–H groups in total. The predicted molar refractivity (Wildman–Crippen MR) is 99.3 cm³/mol. The van der Waals surface area contributed by atoms with Crippen molar-refractivity contribution in [3.63, 3.8) is 0 Å².